The van der Waals surface area contributed by atoms with Crippen LogP contribution in [0.4, 0.5) is 15.3 Å². The van der Waals surface area contributed by atoms with Gasteiger partial charge in [0.25, 0.3) is 5.69 Å². The number of nitrogens with one attached hydrogen (secondary N) is 1. The smallest absolute Gasteiger partial charge is 0.429 e. The number of thiophene rings is 1. The molecule has 206 valence electrons. The number of ether oxygens (including phenoxy) is 4. The van der Waals surface area contributed by atoms with E-state index in [9.17, 15) is 19.7 Å². The van der Waals surface area contributed by atoms with Gasteiger partial charge in [-0.25, -0.2) is 9.59 Å². The molecule has 0 unspecified atom stereocenters. The van der Waals surface area contributed by atoms with E-state index in [1.54, 1.807) is 20.8 Å². The zero-order chi connectivity index (χ0) is 28.2. The van der Waals surface area contributed by atoms with Crippen LogP contribution >= 0.6 is 22.9 Å². The number of carbonyl (C=O) groups excluding carboxylic acids is 2. The quantitative estimate of drug-likeness (QED) is 0.148. The predicted molar refractivity (Wildman–Crippen MR) is 145 cm³/mol. The van der Waals surface area contributed by atoms with Gasteiger partial charge in [-0.05, 0) is 62.6 Å². The van der Waals surface area contributed by atoms with Gasteiger partial charge in [0.2, 0.25) is 0 Å². The van der Waals surface area contributed by atoms with Crippen molar-refractivity contribution in [1.29, 1.82) is 0 Å². The highest BCUT2D eigenvalue weighted by atomic mass is 35.5. The molecular weight excluding hydrogens is 548 g/mol. The Morgan fingerprint density at radius 3 is 2.31 bits per heavy atom. The number of nitrogens with zero attached hydrogens (tertiary/aromatic N) is 1. The van der Waals surface area contributed by atoms with Gasteiger partial charge in [0, 0.05) is 23.6 Å². The number of nitro groups is 1. The van der Waals surface area contributed by atoms with Crippen LogP contribution in [0.2, 0.25) is 4.34 Å². The Morgan fingerprint density at radius 1 is 1.03 bits per heavy atom. The first-order valence-corrected chi connectivity index (χ1v) is 13.3. The Hall–Kier alpha value is -3.67. The Bertz CT molecular complexity index is 1320. The van der Waals surface area contributed by atoms with E-state index in [4.69, 9.17) is 30.5 Å². The van der Waals surface area contributed by atoms with Crippen molar-refractivity contribution in [1.82, 2.24) is 5.32 Å². The van der Waals surface area contributed by atoms with Crippen LogP contribution in [0.1, 0.15) is 26.3 Å². The first-order valence-electron chi connectivity index (χ1n) is 12.1. The molecule has 2 heterocycles. The van der Waals surface area contributed by atoms with Crippen LogP contribution in [0, 0.1) is 10.1 Å². The third-order valence-corrected chi connectivity index (χ3v) is 7.01. The van der Waals surface area contributed by atoms with E-state index in [1.807, 2.05) is 36.4 Å². The number of benzene rings is 2. The Labute approximate surface area is 233 Å². The van der Waals surface area contributed by atoms with E-state index in [1.165, 1.54) is 35.6 Å². The molecule has 3 aromatic rings. The molecule has 0 saturated carbocycles. The second kappa shape index (κ2) is 12.0. The lowest BCUT2D eigenvalue weighted by Crippen LogP contribution is -2.41. The SMILES string of the molecule is CC(C)(C)OC(=O)O[C@H]1CN[C@H](Cc2ccc(-c3ccc(Cl)s3)cc2)[C@@H]1OC(=O)Oc1ccc([N+](=O)[O-])cc1. The number of carbonyl (C=O) groups is 2. The zero-order valence-electron chi connectivity index (χ0n) is 21.4. The van der Waals surface area contributed by atoms with E-state index in [0.29, 0.717) is 10.8 Å². The predicted octanol–water partition coefficient (Wildman–Crippen LogP) is 6.40. The molecule has 1 N–H and O–H groups in total. The number of non-ortho nitro benzene ring substituents is 1. The van der Waals surface area contributed by atoms with Crippen molar-refractivity contribution in [3.8, 4) is 16.2 Å². The van der Waals surface area contributed by atoms with Gasteiger partial charge in [0.05, 0.1) is 15.3 Å². The molecule has 1 aromatic heterocycles. The summed E-state index contributed by atoms with van der Waals surface area (Å²) in [4.78, 5) is 36.4. The minimum Gasteiger partial charge on any atom is -0.429 e. The van der Waals surface area contributed by atoms with Crippen molar-refractivity contribution >= 4 is 40.9 Å². The van der Waals surface area contributed by atoms with E-state index in [-0.39, 0.29) is 18.0 Å². The summed E-state index contributed by atoms with van der Waals surface area (Å²) in [5.74, 6) is 0.0713. The molecular formula is C27H27ClN2O8S. The molecule has 0 bridgehead atoms. The highest BCUT2D eigenvalue weighted by Crippen LogP contribution is 2.31. The Morgan fingerprint density at radius 2 is 1.72 bits per heavy atom. The van der Waals surface area contributed by atoms with Gasteiger partial charge in [0.1, 0.15) is 11.4 Å². The Balaban J connectivity index is 1.46. The second-order valence-corrected chi connectivity index (χ2v) is 11.5. The van der Waals surface area contributed by atoms with Gasteiger partial charge in [0.15, 0.2) is 12.2 Å². The minimum absolute atomic E-state index is 0.0713. The second-order valence-electron chi connectivity index (χ2n) is 9.83. The fourth-order valence-corrected chi connectivity index (χ4v) is 5.06. The van der Waals surface area contributed by atoms with Gasteiger partial charge in [-0.15, -0.1) is 11.3 Å². The number of hydrogen-bond acceptors (Lipinski definition) is 10. The summed E-state index contributed by atoms with van der Waals surface area (Å²) in [7, 11) is 0. The molecule has 2 aromatic carbocycles. The van der Waals surface area contributed by atoms with Gasteiger partial charge >= 0.3 is 12.3 Å². The van der Waals surface area contributed by atoms with E-state index in [0.717, 1.165) is 16.0 Å². The standard InChI is InChI=1S/C27H27ClN2O8S/c1-27(2,3)38-26(32)36-21-15-29-20(14-16-4-6-17(7-5-16)22-12-13-23(28)39-22)24(21)37-25(31)35-19-10-8-18(9-11-19)30(33)34/h4-13,20-21,24,29H,14-15H2,1-3H3/t20-,21+,24+/m1/s1. The van der Waals surface area contributed by atoms with Crippen molar-refractivity contribution in [3.63, 3.8) is 0 Å². The molecule has 1 aliphatic heterocycles. The van der Waals surface area contributed by atoms with Crippen LogP contribution in [0.5, 0.6) is 5.75 Å². The summed E-state index contributed by atoms with van der Waals surface area (Å²) in [5.41, 5.74) is 1.09. The number of hydrogen-bond donors (Lipinski definition) is 1. The van der Waals surface area contributed by atoms with Gasteiger partial charge in [-0.3, -0.25) is 10.1 Å². The summed E-state index contributed by atoms with van der Waals surface area (Å²) >= 11 is 7.54. The van der Waals surface area contributed by atoms with Crippen molar-refractivity contribution in [2.75, 3.05) is 6.54 Å². The van der Waals surface area contributed by atoms with Crippen LogP contribution in [-0.2, 0) is 20.6 Å². The number of nitro benzene ring substituents is 1. The first kappa shape index (κ1) is 28.3. The molecule has 10 nitrogen and oxygen atoms in total. The summed E-state index contributed by atoms with van der Waals surface area (Å²) < 4.78 is 22.3. The van der Waals surface area contributed by atoms with Gasteiger partial charge in [-0.2, -0.15) is 0 Å². The van der Waals surface area contributed by atoms with Crippen molar-refractivity contribution < 1.29 is 33.5 Å². The molecule has 4 rings (SSSR count). The molecule has 1 aliphatic rings. The summed E-state index contributed by atoms with van der Waals surface area (Å²) in [6.07, 6.45) is -3.17. The molecule has 12 heteroatoms. The third kappa shape index (κ3) is 7.92. The van der Waals surface area contributed by atoms with Crippen LogP contribution in [0.3, 0.4) is 0 Å². The lowest BCUT2D eigenvalue weighted by molar-refractivity contribution is -0.384. The van der Waals surface area contributed by atoms with Crippen LogP contribution < -0.4 is 10.1 Å². The molecule has 0 radical (unpaired) electrons. The van der Waals surface area contributed by atoms with Crippen molar-refractivity contribution in [3.05, 3.63) is 80.7 Å². The maximum absolute atomic E-state index is 12.7. The van der Waals surface area contributed by atoms with Gasteiger partial charge in [-0.1, -0.05) is 35.9 Å². The third-order valence-electron chi connectivity index (χ3n) is 5.73. The largest absolute Gasteiger partial charge is 0.514 e. The Kier molecular flexibility index (Phi) is 8.73. The summed E-state index contributed by atoms with van der Waals surface area (Å²) in [6.45, 7) is 5.37. The average molecular weight is 575 g/mol. The highest BCUT2D eigenvalue weighted by molar-refractivity contribution is 7.19. The molecule has 0 amide bonds. The topological polar surface area (TPSA) is 126 Å². The fraction of sp³-hybridized carbons (Fsp3) is 0.333. The van der Waals surface area contributed by atoms with E-state index in [2.05, 4.69) is 5.32 Å². The first-order chi connectivity index (χ1) is 18.5. The van der Waals surface area contributed by atoms with Gasteiger partial charge < -0.3 is 24.3 Å². The normalized spacial score (nSPS) is 18.8. The highest BCUT2D eigenvalue weighted by Gasteiger charge is 2.42. The molecule has 0 aliphatic carbocycles. The molecule has 39 heavy (non-hydrogen) atoms. The maximum atomic E-state index is 12.7. The molecule has 1 fully saturated rings. The number of halogens is 1. The average Bonchev–Trinajstić information content (AvgIpc) is 3.45. The van der Waals surface area contributed by atoms with E-state index < -0.39 is 41.1 Å². The van der Waals surface area contributed by atoms with Crippen molar-refractivity contribution in [2.45, 2.75) is 51.0 Å². The fourth-order valence-electron chi connectivity index (χ4n) is 4.01. The lowest BCUT2D eigenvalue weighted by atomic mass is 10.00. The lowest BCUT2D eigenvalue weighted by Gasteiger charge is -2.25. The minimum atomic E-state index is -1.04. The summed E-state index contributed by atoms with van der Waals surface area (Å²) in [6, 6.07) is 16.3. The monoisotopic (exact) mass is 574 g/mol. The molecule has 1 saturated heterocycles. The maximum Gasteiger partial charge on any atom is 0.514 e. The zero-order valence-corrected chi connectivity index (χ0v) is 23.0. The number of rotatable bonds is 7. The summed E-state index contributed by atoms with van der Waals surface area (Å²) in [5, 5.41) is 14.1. The van der Waals surface area contributed by atoms with Crippen molar-refractivity contribution in [2.24, 2.45) is 0 Å². The molecule has 3 atom stereocenters. The van der Waals surface area contributed by atoms with Crippen LogP contribution in [0.25, 0.3) is 10.4 Å². The molecule has 0 spiro atoms. The van der Waals surface area contributed by atoms with Crippen LogP contribution in [0.15, 0.2) is 60.7 Å². The van der Waals surface area contributed by atoms with E-state index >= 15 is 0 Å². The van der Waals surface area contributed by atoms with Crippen LogP contribution in [-0.4, -0.2) is 47.6 Å².